The Balaban J connectivity index is 1.31. The van der Waals surface area contributed by atoms with Gasteiger partial charge in [-0.15, -0.1) is 0 Å². The van der Waals surface area contributed by atoms with Gasteiger partial charge in [0.05, 0.1) is 34.8 Å². The van der Waals surface area contributed by atoms with Crippen LogP contribution in [0.2, 0.25) is 0 Å². The molecule has 1 amide bonds. The van der Waals surface area contributed by atoms with Gasteiger partial charge >= 0.3 is 0 Å². The molecule has 4 aromatic rings. The molecule has 0 atom stereocenters. The fourth-order valence-electron chi connectivity index (χ4n) is 4.85. The van der Waals surface area contributed by atoms with E-state index in [1.807, 2.05) is 42.2 Å². The number of hydrogen-bond acceptors (Lipinski definition) is 6. The number of fused-ring (bicyclic) bond motifs is 2. The van der Waals surface area contributed by atoms with Crippen LogP contribution in [-0.2, 0) is 6.54 Å². The van der Waals surface area contributed by atoms with Crippen LogP contribution in [-0.4, -0.2) is 58.6 Å². The summed E-state index contributed by atoms with van der Waals surface area (Å²) in [5.41, 5.74) is 7.77. The lowest BCUT2D eigenvalue weighted by Gasteiger charge is -2.33. The zero-order valence-corrected chi connectivity index (χ0v) is 19.4. The molecule has 0 bridgehead atoms. The summed E-state index contributed by atoms with van der Waals surface area (Å²) >= 11 is 0. The number of aryl methyl sites for hydroxylation is 1. The number of carbonyl (C=O) groups excluding carboxylic acids is 1. The van der Waals surface area contributed by atoms with E-state index in [2.05, 4.69) is 61.8 Å². The van der Waals surface area contributed by atoms with Gasteiger partial charge in [-0.05, 0) is 54.9 Å². The van der Waals surface area contributed by atoms with Crippen molar-refractivity contribution in [3.05, 3.63) is 71.7 Å². The van der Waals surface area contributed by atoms with Gasteiger partial charge in [0.25, 0.3) is 5.91 Å². The van der Waals surface area contributed by atoms with Gasteiger partial charge in [-0.3, -0.25) is 4.79 Å². The lowest BCUT2D eigenvalue weighted by Crippen LogP contribution is -2.44. The predicted octanol–water partition coefficient (Wildman–Crippen LogP) is 3.44. The average Bonchev–Trinajstić information content (AvgIpc) is 3.44. The maximum Gasteiger partial charge on any atom is 0.254 e. The monoisotopic (exact) mass is 453 g/mol. The fraction of sp³-hybridized carbons (Fsp3) is 0.269. The van der Waals surface area contributed by atoms with Crippen molar-refractivity contribution in [2.75, 3.05) is 43.4 Å². The number of nitrogens with one attached hydrogen (secondary N) is 2. The zero-order valence-electron chi connectivity index (χ0n) is 19.4. The first-order valence-corrected chi connectivity index (χ1v) is 11.6. The van der Waals surface area contributed by atoms with Crippen LogP contribution in [0.4, 0.5) is 17.2 Å². The normalized spacial score (nSPS) is 16.1. The predicted molar refractivity (Wildman–Crippen MR) is 134 cm³/mol. The molecule has 0 saturated carbocycles. The first kappa shape index (κ1) is 20.7. The average molecular weight is 454 g/mol. The number of hydrogen-bond donors (Lipinski definition) is 2. The van der Waals surface area contributed by atoms with Gasteiger partial charge in [-0.2, -0.15) is 5.10 Å². The third-order valence-corrected chi connectivity index (χ3v) is 6.80. The van der Waals surface area contributed by atoms with Gasteiger partial charge in [0, 0.05) is 44.5 Å². The van der Waals surface area contributed by atoms with E-state index in [1.54, 1.807) is 0 Å². The van der Waals surface area contributed by atoms with Crippen molar-refractivity contribution >= 4 is 28.6 Å². The molecule has 0 radical (unpaired) electrons. The molecule has 1 saturated heterocycles. The Morgan fingerprint density at radius 1 is 0.971 bits per heavy atom. The summed E-state index contributed by atoms with van der Waals surface area (Å²) in [6.07, 6.45) is 5.79. The van der Waals surface area contributed by atoms with Crippen LogP contribution in [0.15, 0.2) is 55.0 Å². The lowest BCUT2D eigenvalue weighted by atomic mass is 9.96. The minimum absolute atomic E-state index is 0.0688. The number of rotatable bonds is 4. The third kappa shape index (κ3) is 3.56. The number of likely N-dealkylation sites (N-methyl/N-ethyl adjacent to an activating group) is 1. The van der Waals surface area contributed by atoms with Crippen molar-refractivity contribution in [2.45, 2.75) is 13.5 Å². The molecule has 5 heterocycles. The van der Waals surface area contributed by atoms with E-state index in [0.29, 0.717) is 12.1 Å². The number of piperazine rings is 1. The first-order valence-electron chi connectivity index (χ1n) is 11.6. The molecule has 3 aromatic heterocycles. The second-order valence-electron chi connectivity index (χ2n) is 9.11. The molecule has 2 aliphatic rings. The molecule has 6 rings (SSSR count). The summed E-state index contributed by atoms with van der Waals surface area (Å²) < 4.78 is 1.89. The highest BCUT2D eigenvalue weighted by atomic mass is 16.1. The number of pyridine rings is 2. The molecule has 172 valence electrons. The first-order chi connectivity index (χ1) is 16.6. The highest BCUT2D eigenvalue weighted by molar-refractivity contribution is 6.06. The van der Waals surface area contributed by atoms with Gasteiger partial charge < -0.3 is 20.4 Å². The van der Waals surface area contributed by atoms with Crippen LogP contribution in [0.1, 0.15) is 21.5 Å². The number of benzene rings is 1. The maximum atomic E-state index is 12.8. The Morgan fingerprint density at radius 3 is 2.62 bits per heavy atom. The molecule has 2 N–H and O–H groups in total. The Labute approximate surface area is 198 Å². The largest absolute Gasteiger partial charge is 0.368 e. The lowest BCUT2D eigenvalue weighted by molar-refractivity contribution is 0.0966. The van der Waals surface area contributed by atoms with Crippen molar-refractivity contribution in [1.82, 2.24) is 24.8 Å². The Hall–Kier alpha value is -3.91. The van der Waals surface area contributed by atoms with Gasteiger partial charge in [0.15, 0.2) is 0 Å². The van der Waals surface area contributed by atoms with Crippen LogP contribution in [0.5, 0.6) is 0 Å². The molecule has 0 spiro atoms. The smallest absolute Gasteiger partial charge is 0.254 e. The molecule has 0 unspecified atom stereocenters. The van der Waals surface area contributed by atoms with Gasteiger partial charge in [0.2, 0.25) is 0 Å². The topological polar surface area (TPSA) is 77.8 Å². The van der Waals surface area contributed by atoms with Crippen LogP contribution < -0.4 is 15.5 Å². The highest BCUT2D eigenvalue weighted by Crippen LogP contribution is 2.36. The van der Waals surface area contributed by atoms with Gasteiger partial charge in [-0.25, -0.2) is 9.50 Å². The van der Waals surface area contributed by atoms with E-state index in [1.165, 1.54) is 0 Å². The summed E-state index contributed by atoms with van der Waals surface area (Å²) in [6.45, 7) is 6.66. The van der Waals surface area contributed by atoms with Crippen LogP contribution in [0.25, 0.3) is 16.6 Å². The molecule has 1 aromatic carbocycles. The van der Waals surface area contributed by atoms with Crippen LogP contribution in [0, 0.1) is 6.92 Å². The van der Waals surface area contributed by atoms with E-state index >= 15 is 0 Å². The SMILES string of the molecule is Cc1ccc2c(-c3ccc(Nc4ccc(N5CCN(C)CC5)cn4)c4c3CNC4=O)cnn2c1. The summed E-state index contributed by atoms with van der Waals surface area (Å²) in [6, 6.07) is 12.3. The van der Waals surface area contributed by atoms with Gasteiger partial charge in [0.1, 0.15) is 5.82 Å². The van der Waals surface area contributed by atoms with E-state index in [0.717, 1.165) is 71.1 Å². The molecular weight excluding hydrogens is 426 g/mol. The molecule has 34 heavy (non-hydrogen) atoms. The summed E-state index contributed by atoms with van der Waals surface area (Å²) in [4.78, 5) is 22.1. The minimum Gasteiger partial charge on any atom is -0.368 e. The highest BCUT2D eigenvalue weighted by Gasteiger charge is 2.27. The number of nitrogens with zero attached hydrogens (tertiary/aromatic N) is 5. The van der Waals surface area contributed by atoms with Crippen molar-refractivity contribution in [3.63, 3.8) is 0 Å². The number of anilines is 3. The Kier molecular flexibility index (Phi) is 4.95. The number of carbonyl (C=O) groups is 1. The molecule has 1 fully saturated rings. The van der Waals surface area contributed by atoms with Crippen LogP contribution in [0.3, 0.4) is 0 Å². The minimum atomic E-state index is -0.0688. The van der Waals surface area contributed by atoms with Crippen molar-refractivity contribution < 1.29 is 4.79 Å². The van der Waals surface area contributed by atoms with Crippen molar-refractivity contribution in [3.8, 4) is 11.1 Å². The van der Waals surface area contributed by atoms with Crippen molar-refractivity contribution in [2.24, 2.45) is 0 Å². The number of amides is 1. The Bertz CT molecular complexity index is 1380. The summed E-state index contributed by atoms with van der Waals surface area (Å²) in [7, 11) is 2.15. The van der Waals surface area contributed by atoms with Gasteiger partial charge in [-0.1, -0.05) is 12.1 Å². The molecular formula is C26H27N7O. The maximum absolute atomic E-state index is 12.8. The molecule has 0 aliphatic carbocycles. The zero-order chi connectivity index (χ0) is 23.2. The second kappa shape index (κ2) is 8.14. The van der Waals surface area contributed by atoms with Crippen molar-refractivity contribution in [1.29, 1.82) is 0 Å². The van der Waals surface area contributed by atoms with Crippen LogP contribution >= 0.6 is 0 Å². The Morgan fingerprint density at radius 2 is 1.82 bits per heavy atom. The van der Waals surface area contributed by atoms with E-state index < -0.39 is 0 Å². The molecule has 2 aliphatic heterocycles. The fourth-order valence-corrected chi connectivity index (χ4v) is 4.85. The quantitative estimate of drug-likeness (QED) is 0.493. The molecule has 8 nitrogen and oxygen atoms in total. The molecule has 8 heteroatoms. The summed E-state index contributed by atoms with van der Waals surface area (Å²) in [5.74, 6) is 0.653. The summed E-state index contributed by atoms with van der Waals surface area (Å²) in [5, 5.41) is 10.9. The van der Waals surface area contributed by atoms with E-state index in [4.69, 9.17) is 0 Å². The van der Waals surface area contributed by atoms with E-state index in [-0.39, 0.29) is 5.91 Å². The standard InChI is InChI=1S/C26H27N7O/c1-17-3-7-23-20(15-29-33(23)16-17)19-5-6-22(25-21(19)14-28-26(25)34)30-24-8-4-18(13-27-24)32-11-9-31(2)10-12-32/h3-8,13,15-16H,9-12,14H2,1-2H3,(H,27,30)(H,28,34). The van der Waals surface area contributed by atoms with E-state index in [9.17, 15) is 4.79 Å². The number of aromatic nitrogens is 3. The third-order valence-electron chi connectivity index (χ3n) is 6.80. The second-order valence-corrected chi connectivity index (χ2v) is 9.11.